The molecule has 1 N–H and O–H groups in total. The maximum atomic E-state index is 13.7. The van der Waals surface area contributed by atoms with E-state index in [4.69, 9.17) is 0 Å². The Morgan fingerprint density at radius 1 is 1.10 bits per heavy atom. The molecule has 0 fully saturated rings. The molecule has 0 aliphatic heterocycles. The minimum absolute atomic E-state index is 0.179. The van der Waals surface area contributed by atoms with Crippen molar-refractivity contribution >= 4 is 27.5 Å². The summed E-state index contributed by atoms with van der Waals surface area (Å²) < 4.78 is 41.3. The fourth-order valence-corrected chi connectivity index (χ4v) is 1.96. The lowest BCUT2D eigenvalue weighted by Crippen LogP contribution is -2.16. The Hall–Kier alpha value is -1.82. The number of nitrogens with one attached hydrogen (secondary N) is 1. The van der Waals surface area contributed by atoms with Crippen molar-refractivity contribution in [3.63, 3.8) is 0 Å². The minimum atomic E-state index is -0.918. The molecule has 0 saturated heterocycles. The van der Waals surface area contributed by atoms with Gasteiger partial charge in [0, 0.05) is 4.47 Å². The molecule has 0 heterocycles. The highest BCUT2D eigenvalue weighted by atomic mass is 79.9. The average Bonchev–Trinajstić information content (AvgIpc) is 2.39. The van der Waals surface area contributed by atoms with Gasteiger partial charge in [-0.2, -0.15) is 0 Å². The van der Waals surface area contributed by atoms with Crippen LogP contribution in [0.25, 0.3) is 0 Å². The van der Waals surface area contributed by atoms with E-state index in [0.29, 0.717) is 4.47 Å². The third-order valence-corrected chi connectivity index (χ3v) is 3.19. The van der Waals surface area contributed by atoms with Gasteiger partial charge < -0.3 is 5.32 Å². The molecular weight excluding hydrogens is 335 g/mol. The molecule has 1 amide bonds. The normalized spacial score (nSPS) is 10.4. The van der Waals surface area contributed by atoms with Gasteiger partial charge in [-0.1, -0.05) is 22.0 Å². The van der Waals surface area contributed by atoms with E-state index in [1.807, 2.05) is 0 Å². The molecule has 0 bridgehead atoms. The summed E-state index contributed by atoms with van der Waals surface area (Å²) in [5.41, 5.74) is -0.705. The number of amides is 1. The van der Waals surface area contributed by atoms with Crippen molar-refractivity contribution in [1.29, 1.82) is 0 Å². The van der Waals surface area contributed by atoms with Gasteiger partial charge in [-0.15, -0.1) is 0 Å². The van der Waals surface area contributed by atoms with Crippen molar-refractivity contribution in [3.05, 3.63) is 63.4 Å². The number of carbonyl (C=O) groups is 1. The molecule has 0 spiro atoms. The summed E-state index contributed by atoms with van der Waals surface area (Å²) in [6.45, 7) is 1.44. The Morgan fingerprint density at radius 3 is 2.45 bits per heavy atom. The second kappa shape index (κ2) is 5.66. The van der Waals surface area contributed by atoms with Gasteiger partial charge in [0.05, 0.1) is 5.56 Å². The van der Waals surface area contributed by atoms with E-state index < -0.39 is 29.0 Å². The molecule has 0 aliphatic rings. The van der Waals surface area contributed by atoms with E-state index in [-0.39, 0.29) is 11.1 Å². The number of halogens is 4. The Balaban J connectivity index is 2.35. The predicted molar refractivity (Wildman–Crippen MR) is 73.1 cm³/mol. The van der Waals surface area contributed by atoms with Crippen LogP contribution in [0.3, 0.4) is 0 Å². The molecule has 2 aromatic rings. The highest BCUT2D eigenvalue weighted by Gasteiger charge is 2.17. The number of hydrogen-bond donors (Lipinski definition) is 1. The first-order valence-electron chi connectivity index (χ1n) is 5.61. The molecule has 0 aromatic heterocycles. The molecule has 20 heavy (non-hydrogen) atoms. The lowest BCUT2D eigenvalue weighted by molar-refractivity contribution is 0.102. The summed E-state index contributed by atoms with van der Waals surface area (Å²) >= 11 is 3.05. The topological polar surface area (TPSA) is 29.1 Å². The van der Waals surface area contributed by atoms with Crippen LogP contribution in [0.1, 0.15) is 15.9 Å². The maximum absolute atomic E-state index is 13.7. The van der Waals surface area contributed by atoms with E-state index in [0.717, 1.165) is 12.1 Å². The molecule has 0 unspecified atom stereocenters. The second-order valence-electron chi connectivity index (χ2n) is 4.13. The molecule has 0 radical (unpaired) electrons. The van der Waals surface area contributed by atoms with E-state index in [1.54, 1.807) is 0 Å². The molecule has 0 atom stereocenters. The number of aryl methyl sites for hydroxylation is 1. The van der Waals surface area contributed by atoms with Crippen molar-refractivity contribution in [2.75, 3.05) is 5.32 Å². The molecule has 2 rings (SSSR count). The van der Waals surface area contributed by atoms with Crippen molar-refractivity contribution in [2.24, 2.45) is 0 Å². The maximum Gasteiger partial charge on any atom is 0.258 e. The fraction of sp³-hybridized carbons (Fsp3) is 0.0714. The molecule has 2 nitrogen and oxygen atoms in total. The summed E-state index contributed by atoms with van der Waals surface area (Å²) in [5.74, 6) is -3.50. The van der Waals surface area contributed by atoms with Crippen LogP contribution < -0.4 is 5.32 Å². The van der Waals surface area contributed by atoms with Crippen LogP contribution in [0.2, 0.25) is 0 Å². The van der Waals surface area contributed by atoms with E-state index in [2.05, 4.69) is 21.2 Å². The molecule has 0 aliphatic carbocycles. The zero-order valence-electron chi connectivity index (χ0n) is 10.3. The van der Waals surface area contributed by atoms with E-state index in [1.165, 1.54) is 25.1 Å². The van der Waals surface area contributed by atoms with Crippen LogP contribution in [-0.2, 0) is 0 Å². The standard InChI is InChI=1S/C14H9BrF3NO/c1-7-2-5-10(16)13(12(7)18)19-14(20)9-4-3-8(15)6-11(9)17/h2-6H,1H3,(H,19,20). The highest BCUT2D eigenvalue weighted by molar-refractivity contribution is 9.10. The minimum Gasteiger partial charge on any atom is -0.317 e. The SMILES string of the molecule is Cc1ccc(F)c(NC(=O)c2ccc(Br)cc2F)c1F. The van der Waals surface area contributed by atoms with Crippen LogP contribution in [0, 0.1) is 24.4 Å². The molecule has 104 valence electrons. The first kappa shape index (κ1) is 14.6. The highest BCUT2D eigenvalue weighted by Crippen LogP contribution is 2.23. The van der Waals surface area contributed by atoms with Crippen molar-refractivity contribution in [2.45, 2.75) is 6.92 Å². The molecule has 0 saturated carbocycles. The first-order valence-corrected chi connectivity index (χ1v) is 6.40. The quantitative estimate of drug-likeness (QED) is 0.858. The lowest BCUT2D eigenvalue weighted by Gasteiger charge is -2.10. The third-order valence-electron chi connectivity index (χ3n) is 2.70. The average molecular weight is 344 g/mol. The Bertz CT molecular complexity index is 688. The van der Waals surface area contributed by atoms with Gasteiger partial charge in [0.25, 0.3) is 5.91 Å². The zero-order chi connectivity index (χ0) is 14.9. The Kier molecular flexibility index (Phi) is 4.13. The zero-order valence-corrected chi connectivity index (χ0v) is 11.9. The molecular formula is C14H9BrF3NO. The summed E-state index contributed by atoms with van der Waals surface area (Å²) in [5, 5.41) is 2.05. The monoisotopic (exact) mass is 343 g/mol. The van der Waals surface area contributed by atoms with Crippen molar-refractivity contribution in [1.82, 2.24) is 0 Å². The van der Waals surface area contributed by atoms with Gasteiger partial charge in [0.2, 0.25) is 0 Å². The van der Waals surface area contributed by atoms with Crippen LogP contribution >= 0.6 is 15.9 Å². The lowest BCUT2D eigenvalue weighted by atomic mass is 10.1. The number of anilines is 1. The number of hydrogen-bond acceptors (Lipinski definition) is 1. The summed E-state index contributed by atoms with van der Waals surface area (Å²) in [4.78, 5) is 11.9. The van der Waals surface area contributed by atoms with E-state index in [9.17, 15) is 18.0 Å². The fourth-order valence-electron chi connectivity index (χ4n) is 1.63. The smallest absolute Gasteiger partial charge is 0.258 e. The first-order chi connectivity index (χ1) is 9.40. The second-order valence-corrected chi connectivity index (χ2v) is 5.05. The van der Waals surface area contributed by atoms with Crippen molar-refractivity contribution in [3.8, 4) is 0 Å². The number of carbonyl (C=O) groups excluding carboxylic acids is 1. The van der Waals surface area contributed by atoms with Gasteiger partial charge in [0.1, 0.15) is 17.3 Å². The number of benzene rings is 2. The number of rotatable bonds is 2. The van der Waals surface area contributed by atoms with Crippen LogP contribution in [0.5, 0.6) is 0 Å². The van der Waals surface area contributed by atoms with Gasteiger partial charge >= 0.3 is 0 Å². The van der Waals surface area contributed by atoms with Gasteiger partial charge in [-0.05, 0) is 36.8 Å². The van der Waals surface area contributed by atoms with Crippen LogP contribution in [-0.4, -0.2) is 5.91 Å². The predicted octanol–water partition coefficient (Wildman–Crippen LogP) is 4.43. The Morgan fingerprint density at radius 2 is 1.80 bits per heavy atom. The molecule has 2 aromatic carbocycles. The Labute approximate surface area is 121 Å². The summed E-state index contributed by atoms with van der Waals surface area (Å²) in [6.07, 6.45) is 0. The third kappa shape index (κ3) is 2.85. The largest absolute Gasteiger partial charge is 0.317 e. The van der Waals surface area contributed by atoms with Crippen LogP contribution in [0.15, 0.2) is 34.8 Å². The summed E-state index contributed by atoms with van der Waals surface area (Å²) in [7, 11) is 0. The van der Waals surface area contributed by atoms with Crippen molar-refractivity contribution < 1.29 is 18.0 Å². The van der Waals surface area contributed by atoms with Gasteiger partial charge in [-0.3, -0.25) is 4.79 Å². The molecule has 6 heteroatoms. The van der Waals surface area contributed by atoms with Gasteiger partial charge in [0.15, 0.2) is 5.82 Å². The van der Waals surface area contributed by atoms with Crippen LogP contribution in [0.4, 0.5) is 18.9 Å². The van der Waals surface area contributed by atoms with E-state index >= 15 is 0 Å². The summed E-state index contributed by atoms with van der Waals surface area (Å²) in [6, 6.07) is 6.06. The van der Waals surface area contributed by atoms with Gasteiger partial charge in [-0.25, -0.2) is 13.2 Å².